The van der Waals surface area contributed by atoms with E-state index in [2.05, 4.69) is 43.0 Å². The van der Waals surface area contributed by atoms with Crippen LogP contribution in [0.3, 0.4) is 0 Å². The van der Waals surface area contributed by atoms with E-state index >= 15 is 0 Å². The molecule has 0 saturated carbocycles. The molecule has 1 unspecified atom stereocenters. The Morgan fingerprint density at radius 2 is 1.61 bits per heavy atom. The molecule has 0 fully saturated rings. The Hall–Kier alpha value is -3.17. The third-order valence-electron chi connectivity index (χ3n) is 5.05. The van der Waals surface area contributed by atoms with E-state index in [0.717, 1.165) is 41.5 Å². The largest absolute Gasteiger partial charge is 0.489 e. The number of aliphatic hydroxyl groups is 1. The smallest absolute Gasteiger partial charge is 0.134 e. The highest BCUT2D eigenvalue weighted by Crippen LogP contribution is 2.29. The van der Waals surface area contributed by atoms with Crippen molar-refractivity contribution >= 4 is 6.08 Å². The topological polar surface area (TPSA) is 29.5 Å². The molecule has 0 bridgehead atoms. The van der Waals surface area contributed by atoms with E-state index in [1.165, 1.54) is 6.07 Å². The van der Waals surface area contributed by atoms with E-state index in [4.69, 9.17) is 4.74 Å². The van der Waals surface area contributed by atoms with Crippen LogP contribution in [0.25, 0.3) is 28.3 Å². The van der Waals surface area contributed by atoms with Gasteiger partial charge in [0.1, 0.15) is 18.2 Å². The maximum atomic E-state index is 14.5. The van der Waals surface area contributed by atoms with Crippen molar-refractivity contribution in [2.75, 3.05) is 6.61 Å². The maximum absolute atomic E-state index is 14.5. The van der Waals surface area contributed by atoms with Crippen molar-refractivity contribution in [3.8, 4) is 28.0 Å². The third kappa shape index (κ3) is 6.66. The van der Waals surface area contributed by atoms with Crippen LogP contribution < -0.4 is 4.74 Å². The minimum Gasteiger partial charge on any atom is -0.489 e. The van der Waals surface area contributed by atoms with Gasteiger partial charge in [-0.15, -0.1) is 0 Å². The molecule has 0 aliphatic carbocycles. The van der Waals surface area contributed by atoms with Crippen molar-refractivity contribution in [3.63, 3.8) is 0 Å². The molecule has 0 aliphatic rings. The summed E-state index contributed by atoms with van der Waals surface area (Å²) >= 11 is 0. The van der Waals surface area contributed by atoms with Crippen LogP contribution in [0.2, 0.25) is 0 Å². The Kier molecular flexibility index (Phi) is 8.19. The van der Waals surface area contributed by atoms with E-state index in [9.17, 15) is 9.50 Å². The summed E-state index contributed by atoms with van der Waals surface area (Å²) in [6.45, 7) is 5.77. The van der Waals surface area contributed by atoms with Crippen LogP contribution in [0.1, 0.15) is 31.7 Å². The highest BCUT2D eigenvalue weighted by atomic mass is 19.1. The van der Waals surface area contributed by atoms with Gasteiger partial charge in [0, 0.05) is 11.6 Å². The molecule has 0 radical (unpaired) electrons. The molecule has 1 N–H and O–H groups in total. The molecule has 0 amide bonds. The van der Waals surface area contributed by atoms with Crippen LogP contribution in [0.4, 0.5) is 4.39 Å². The molecule has 3 aromatic carbocycles. The van der Waals surface area contributed by atoms with Crippen LogP contribution in [0, 0.1) is 5.82 Å². The first-order valence-corrected chi connectivity index (χ1v) is 10.7. The molecule has 1 atom stereocenters. The molecule has 3 heteroatoms. The van der Waals surface area contributed by atoms with Gasteiger partial charge in [-0.1, -0.05) is 73.3 Å². The Bertz CT molecular complexity index is 1000. The minimum atomic E-state index is -0.307. The summed E-state index contributed by atoms with van der Waals surface area (Å²) in [6.07, 6.45) is 8.44. The summed E-state index contributed by atoms with van der Waals surface area (Å²) in [7, 11) is 0. The summed E-state index contributed by atoms with van der Waals surface area (Å²) < 4.78 is 19.9. The van der Waals surface area contributed by atoms with E-state index in [1.807, 2.05) is 31.2 Å². The molecule has 0 aromatic heterocycles. The van der Waals surface area contributed by atoms with Crippen LogP contribution >= 0.6 is 0 Å². The van der Waals surface area contributed by atoms with Crippen molar-refractivity contribution in [2.24, 2.45) is 0 Å². The summed E-state index contributed by atoms with van der Waals surface area (Å²) in [5.41, 5.74) is 4.73. The first kappa shape index (κ1) is 22.5. The SMILES string of the molecule is C=CCOc1ccc(-c2ccc(-c3ccc(C=CCCCC(C)O)cc3)cc2)c(F)c1. The molecule has 3 aromatic rings. The number of hydrogen-bond donors (Lipinski definition) is 1. The van der Waals surface area contributed by atoms with Gasteiger partial charge < -0.3 is 9.84 Å². The number of unbranched alkanes of at least 4 members (excludes halogenated alkanes) is 1. The predicted octanol–water partition coefficient (Wildman–Crippen LogP) is 7.29. The Morgan fingerprint density at radius 1 is 0.968 bits per heavy atom. The number of rotatable bonds is 10. The predicted molar refractivity (Wildman–Crippen MR) is 128 cm³/mol. The Labute approximate surface area is 184 Å². The molecule has 0 spiro atoms. The van der Waals surface area contributed by atoms with Crippen molar-refractivity contribution < 1.29 is 14.2 Å². The highest BCUT2D eigenvalue weighted by molar-refractivity contribution is 5.71. The zero-order valence-electron chi connectivity index (χ0n) is 17.9. The number of benzene rings is 3. The average molecular weight is 417 g/mol. The van der Waals surface area contributed by atoms with E-state index in [0.29, 0.717) is 17.9 Å². The van der Waals surface area contributed by atoms with Crippen molar-refractivity contribution in [1.29, 1.82) is 0 Å². The van der Waals surface area contributed by atoms with Gasteiger partial charge in [-0.3, -0.25) is 0 Å². The number of allylic oxidation sites excluding steroid dienone is 1. The molecule has 3 rings (SSSR count). The Balaban J connectivity index is 1.65. The van der Waals surface area contributed by atoms with Crippen LogP contribution in [0.15, 0.2) is 85.5 Å². The van der Waals surface area contributed by atoms with Crippen molar-refractivity contribution in [1.82, 2.24) is 0 Å². The van der Waals surface area contributed by atoms with Crippen LogP contribution in [-0.2, 0) is 0 Å². The monoisotopic (exact) mass is 416 g/mol. The minimum absolute atomic E-state index is 0.230. The standard InChI is InChI=1S/C28H29FO2/c1-3-19-31-26-17-18-27(28(29)20-26)25-15-13-24(14-16-25)23-11-9-22(10-12-23)8-6-4-5-7-21(2)30/h3,6,8-18,20-21,30H,1,4-5,7,19H2,2H3. The number of ether oxygens (including phenoxy) is 1. The van der Waals surface area contributed by atoms with Crippen molar-refractivity contribution in [3.05, 3.63) is 96.8 Å². The number of halogens is 1. The van der Waals surface area contributed by atoms with Gasteiger partial charge in [0.25, 0.3) is 0 Å². The lowest BCUT2D eigenvalue weighted by Gasteiger charge is -2.09. The number of aliphatic hydroxyl groups excluding tert-OH is 1. The van der Waals surface area contributed by atoms with Gasteiger partial charge in [0.2, 0.25) is 0 Å². The maximum Gasteiger partial charge on any atom is 0.134 e. The van der Waals surface area contributed by atoms with E-state index < -0.39 is 0 Å². The Morgan fingerprint density at radius 3 is 2.23 bits per heavy atom. The van der Waals surface area contributed by atoms with Crippen LogP contribution in [0.5, 0.6) is 5.75 Å². The summed E-state index contributed by atoms with van der Waals surface area (Å²) in [6, 6.07) is 21.2. The quantitative estimate of drug-likeness (QED) is 0.278. The van der Waals surface area contributed by atoms with E-state index in [1.54, 1.807) is 18.2 Å². The molecule has 2 nitrogen and oxygen atoms in total. The van der Waals surface area contributed by atoms with Crippen LogP contribution in [-0.4, -0.2) is 17.8 Å². The lowest BCUT2D eigenvalue weighted by Crippen LogP contribution is -1.97. The fourth-order valence-electron chi connectivity index (χ4n) is 3.35. The zero-order chi connectivity index (χ0) is 22.1. The second-order valence-corrected chi connectivity index (χ2v) is 7.62. The fourth-order valence-corrected chi connectivity index (χ4v) is 3.35. The first-order chi connectivity index (χ1) is 15.1. The normalized spacial score (nSPS) is 12.1. The summed E-state index contributed by atoms with van der Waals surface area (Å²) in [5.74, 6) is 0.189. The van der Waals surface area contributed by atoms with Gasteiger partial charge in [-0.2, -0.15) is 0 Å². The molecule has 31 heavy (non-hydrogen) atoms. The second kappa shape index (κ2) is 11.3. The van der Waals surface area contributed by atoms with E-state index in [-0.39, 0.29) is 11.9 Å². The highest BCUT2D eigenvalue weighted by Gasteiger charge is 2.07. The average Bonchev–Trinajstić information content (AvgIpc) is 2.78. The van der Waals surface area contributed by atoms with Gasteiger partial charge in [-0.05, 0) is 60.6 Å². The van der Waals surface area contributed by atoms with Gasteiger partial charge >= 0.3 is 0 Å². The van der Waals surface area contributed by atoms with Crippen molar-refractivity contribution in [2.45, 2.75) is 32.3 Å². The first-order valence-electron chi connectivity index (χ1n) is 10.7. The molecule has 160 valence electrons. The van der Waals surface area contributed by atoms with Gasteiger partial charge in [0.05, 0.1) is 6.10 Å². The zero-order valence-corrected chi connectivity index (χ0v) is 17.9. The molecular formula is C28H29FO2. The van der Waals surface area contributed by atoms with Gasteiger partial charge in [0.15, 0.2) is 0 Å². The molecule has 0 aliphatic heterocycles. The summed E-state index contributed by atoms with van der Waals surface area (Å²) in [5, 5.41) is 9.29. The number of hydrogen-bond acceptors (Lipinski definition) is 2. The molecule has 0 heterocycles. The molecular weight excluding hydrogens is 387 g/mol. The molecule has 0 saturated heterocycles. The third-order valence-corrected chi connectivity index (χ3v) is 5.05. The lowest BCUT2D eigenvalue weighted by molar-refractivity contribution is 0.182. The summed E-state index contributed by atoms with van der Waals surface area (Å²) in [4.78, 5) is 0. The second-order valence-electron chi connectivity index (χ2n) is 7.62. The van der Waals surface area contributed by atoms with Gasteiger partial charge in [-0.25, -0.2) is 4.39 Å². The lowest BCUT2D eigenvalue weighted by atomic mass is 9.99. The fraction of sp³-hybridized carbons (Fsp3) is 0.214.